The molecular formula is C15H29N3O2S. The Balaban J connectivity index is 2.95. The predicted octanol–water partition coefficient (Wildman–Crippen LogP) is 2.33. The summed E-state index contributed by atoms with van der Waals surface area (Å²) in [7, 11) is -1.58. The highest BCUT2D eigenvalue weighted by Crippen LogP contribution is 2.20. The normalized spacial score (nSPS) is 12.8. The summed E-state index contributed by atoms with van der Waals surface area (Å²) in [4.78, 5) is 0.355. The van der Waals surface area contributed by atoms with E-state index in [1.54, 1.807) is 12.3 Å². The number of aryl methyl sites for hydroxylation is 1. The molecule has 1 aromatic heterocycles. The molecule has 0 bridgehead atoms. The van der Waals surface area contributed by atoms with E-state index < -0.39 is 10.0 Å². The first-order valence-electron chi connectivity index (χ1n) is 7.59. The number of nitrogens with zero attached hydrogens (tertiary/aromatic N) is 1. The van der Waals surface area contributed by atoms with E-state index >= 15 is 0 Å². The molecule has 0 unspecified atom stereocenters. The lowest BCUT2D eigenvalue weighted by Crippen LogP contribution is -2.33. The van der Waals surface area contributed by atoms with Crippen molar-refractivity contribution in [2.45, 2.75) is 58.5 Å². The average molecular weight is 315 g/mol. The summed E-state index contributed by atoms with van der Waals surface area (Å²) < 4.78 is 29.6. The quantitative estimate of drug-likeness (QED) is 0.735. The standard InChI is InChI=1S/C15H29N3O2S/c1-6-8-18-11-14(9-13(18)10-16-5)21(19,20)17-12-15(3,4)7-2/h9,11,16-17H,6-8,10,12H2,1-5H3. The lowest BCUT2D eigenvalue weighted by Gasteiger charge is -2.22. The summed E-state index contributed by atoms with van der Waals surface area (Å²) in [5, 5.41) is 3.08. The van der Waals surface area contributed by atoms with Crippen molar-refractivity contribution >= 4 is 10.0 Å². The molecule has 0 spiro atoms. The predicted molar refractivity (Wildman–Crippen MR) is 86.7 cm³/mol. The maximum atomic E-state index is 12.4. The first-order valence-corrected chi connectivity index (χ1v) is 9.07. The maximum absolute atomic E-state index is 12.4. The third-order valence-electron chi connectivity index (χ3n) is 3.79. The fraction of sp³-hybridized carbons (Fsp3) is 0.733. The van der Waals surface area contributed by atoms with Gasteiger partial charge in [0, 0.05) is 31.5 Å². The van der Waals surface area contributed by atoms with Crippen LogP contribution in [-0.4, -0.2) is 26.6 Å². The van der Waals surface area contributed by atoms with Crippen molar-refractivity contribution in [1.29, 1.82) is 0 Å². The van der Waals surface area contributed by atoms with E-state index in [0.29, 0.717) is 18.0 Å². The average Bonchev–Trinajstić information content (AvgIpc) is 2.82. The minimum Gasteiger partial charge on any atom is -0.349 e. The van der Waals surface area contributed by atoms with Crippen LogP contribution in [0, 0.1) is 5.41 Å². The molecule has 0 aliphatic rings. The van der Waals surface area contributed by atoms with Crippen molar-refractivity contribution in [3.8, 4) is 0 Å². The highest BCUT2D eigenvalue weighted by atomic mass is 32.2. The number of rotatable bonds is 9. The van der Waals surface area contributed by atoms with Gasteiger partial charge in [-0.3, -0.25) is 0 Å². The Morgan fingerprint density at radius 1 is 1.29 bits per heavy atom. The number of hydrogen-bond acceptors (Lipinski definition) is 3. The zero-order valence-corrected chi connectivity index (χ0v) is 14.7. The van der Waals surface area contributed by atoms with Gasteiger partial charge in [-0.15, -0.1) is 0 Å². The molecule has 0 radical (unpaired) electrons. The maximum Gasteiger partial charge on any atom is 0.242 e. The summed E-state index contributed by atoms with van der Waals surface area (Å²) in [5.74, 6) is 0. The molecule has 5 nitrogen and oxygen atoms in total. The Hall–Kier alpha value is -0.850. The molecule has 6 heteroatoms. The lowest BCUT2D eigenvalue weighted by atomic mass is 9.91. The molecule has 1 rings (SSSR count). The summed E-state index contributed by atoms with van der Waals surface area (Å²) >= 11 is 0. The topological polar surface area (TPSA) is 63.1 Å². The SMILES string of the molecule is CCCn1cc(S(=O)(=O)NCC(C)(C)CC)cc1CNC. The third-order valence-corrected chi connectivity index (χ3v) is 5.16. The van der Waals surface area contributed by atoms with E-state index in [1.165, 1.54) is 0 Å². The van der Waals surface area contributed by atoms with Gasteiger partial charge in [-0.2, -0.15) is 0 Å². The molecule has 1 aromatic rings. The van der Waals surface area contributed by atoms with E-state index in [0.717, 1.165) is 25.1 Å². The summed E-state index contributed by atoms with van der Waals surface area (Å²) in [6.45, 7) is 10.2. The fourth-order valence-corrected chi connectivity index (χ4v) is 3.25. The van der Waals surface area contributed by atoms with Crippen LogP contribution in [0.25, 0.3) is 0 Å². The van der Waals surface area contributed by atoms with Gasteiger partial charge in [0.1, 0.15) is 0 Å². The molecule has 0 aromatic carbocycles. The van der Waals surface area contributed by atoms with E-state index in [4.69, 9.17) is 0 Å². The van der Waals surface area contributed by atoms with Crippen molar-refractivity contribution in [2.24, 2.45) is 5.41 Å². The smallest absolute Gasteiger partial charge is 0.242 e. The number of nitrogens with one attached hydrogen (secondary N) is 2. The van der Waals surface area contributed by atoms with Crippen LogP contribution < -0.4 is 10.0 Å². The molecule has 0 fully saturated rings. The molecule has 21 heavy (non-hydrogen) atoms. The Bertz CT molecular complexity index is 524. The van der Waals surface area contributed by atoms with E-state index in [-0.39, 0.29) is 5.41 Å². The van der Waals surface area contributed by atoms with Crippen molar-refractivity contribution in [3.63, 3.8) is 0 Å². The molecule has 2 N–H and O–H groups in total. The van der Waals surface area contributed by atoms with Gasteiger partial charge in [0.2, 0.25) is 10.0 Å². The van der Waals surface area contributed by atoms with Crippen molar-refractivity contribution in [3.05, 3.63) is 18.0 Å². The van der Waals surface area contributed by atoms with Gasteiger partial charge in [-0.05, 0) is 31.4 Å². The van der Waals surface area contributed by atoms with Crippen LogP contribution in [0.4, 0.5) is 0 Å². The Morgan fingerprint density at radius 3 is 2.48 bits per heavy atom. The van der Waals surface area contributed by atoms with Gasteiger partial charge in [0.05, 0.1) is 4.90 Å². The fourth-order valence-electron chi connectivity index (χ4n) is 1.95. The summed E-state index contributed by atoms with van der Waals surface area (Å²) in [6, 6.07) is 1.76. The van der Waals surface area contributed by atoms with Gasteiger partial charge < -0.3 is 9.88 Å². The third kappa shape index (κ3) is 5.13. The van der Waals surface area contributed by atoms with Gasteiger partial charge >= 0.3 is 0 Å². The van der Waals surface area contributed by atoms with Crippen LogP contribution in [0.1, 0.15) is 46.2 Å². The van der Waals surface area contributed by atoms with Gasteiger partial charge in [-0.25, -0.2) is 13.1 Å². The molecule has 122 valence electrons. The zero-order valence-electron chi connectivity index (χ0n) is 13.9. The molecule has 0 atom stereocenters. The molecule has 0 saturated carbocycles. The molecule has 0 saturated heterocycles. The molecular weight excluding hydrogens is 286 g/mol. The first kappa shape index (κ1) is 18.2. The summed E-state index contributed by atoms with van der Waals surface area (Å²) in [6.07, 6.45) is 3.63. The van der Waals surface area contributed by atoms with Gasteiger partial charge in [0.25, 0.3) is 0 Å². The molecule has 0 aliphatic heterocycles. The lowest BCUT2D eigenvalue weighted by molar-refractivity contribution is 0.350. The van der Waals surface area contributed by atoms with Crippen molar-refractivity contribution in [2.75, 3.05) is 13.6 Å². The monoisotopic (exact) mass is 315 g/mol. The van der Waals surface area contributed by atoms with Crippen LogP contribution >= 0.6 is 0 Å². The number of aromatic nitrogens is 1. The summed E-state index contributed by atoms with van der Waals surface area (Å²) in [5.41, 5.74) is 0.960. The second kappa shape index (κ2) is 7.42. The van der Waals surface area contributed by atoms with Crippen LogP contribution in [0.2, 0.25) is 0 Å². The van der Waals surface area contributed by atoms with Crippen LogP contribution in [0.15, 0.2) is 17.2 Å². The van der Waals surface area contributed by atoms with Gasteiger partial charge in [0.15, 0.2) is 0 Å². The van der Waals surface area contributed by atoms with Crippen LogP contribution in [-0.2, 0) is 23.1 Å². The first-order chi connectivity index (χ1) is 9.75. The minimum atomic E-state index is -3.44. The Morgan fingerprint density at radius 2 is 1.95 bits per heavy atom. The second-order valence-corrected chi connectivity index (χ2v) is 8.00. The van der Waals surface area contributed by atoms with Gasteiger partial charge in [-0.1, -0.05) is 27.7 Å². The second-order valence-electron chi connectivity index (χ2n) is 6.23. The molecule has 0 aliphatic carbocycles. The van der Waals surface area contributed by atoms with Crippen LogP contribution in [0.5, 0.6) is 0 Å². The van der Waals surface area contributed by atoms with E-state index in [2.05, 4.69) is 37.7 Å². The minimum absolute atomic E-state index is 0.0349. The van der Waals surface area contributed by atoms with Crippen molar-refractivity contribution < 1.29 is 8.42 Å². The van der Waals surface area contributed by atoms with E-state index in [1.807, 2.05) is 11.6 Å². The van der Waals surface area contributed by atoms with E-state index in [9.17, 15) is 8.42 Å². The van der Waals surface area contributed by atoms with Crippen LogP contribution in [0.3, 0.4) is 0 Å². The zero-order chi connectivity index (χ0) is 16.1. The molecule has 0 amide bonds. The molecule has 1 heterocycles. The number of hydrogen-bond donors (Lipinski definition) is 2. The Labute approximate surface area is 129 Å². The highest BCUT2D eigenvalue weighted by molar-refractivity contribution is 7.89. The number of sulfonamides is 1. The van der Waals surface area contributed by atoms with Crippen molar-refractivity contribution in [1.82, 2.24) is 14.6 Å². The largest absolute Gasteiger partial charge is 0.349 e. The highest BCUT2D eigenvalue weighted by Gasteiger charge is 2.22. The Kier molecular flexibility index (Phi) is 6.43.